The summed E-state index contributed by atoms with van der Waals surface area (Å²) >= 11 is 5.98. The van der Waals surface area contributed by atoms with E-state index in [0.717, 1.165) is 31.0 Å². The molecular weight excluding hydrogens is 485 g/mol. The second-order valence-corrected chi connectivity index (χ2v) is 10.0. The number of alkyl halides is 3. The molecule has 2 aromatic rings. The van der Waals surface area contributed by atoms with Gasteiger partial charge in [-0.05, 0) is 62.2 Å². The van der Waals surface area contributed by atoms with E-state index in [1.54, 1.807) is 4.90 Å². The first-order chi connectivity index (χ1) is 15.2. The van der Waals surface area contributed by atoms with E-state index in [1.165, 1.54) is 24.3 Å². The number of amides is 2. The van der Waals surface area contributed by atoms with E-state index in [1.807, 2.05) is 5.32 Å². The molecule has 33 heavy (non-hydrogen) atoms. The van der Waals surface area contributed by atoms with Crippen LogP contribution in [0.3, 0.4) is 0 Å². The van der Waals surface area contributed by atoms with Crippen LogP contribution in [0.2, 0.25) is 5.02 Å². The van der Waals surface area contributed by atoms with Crippen LogP contribution in [0.15, 0.2) is 52.3 Å². The predicted octanol–water partition coefficient (Wildman–Crippen LogP) is 3.66. The summed E-state index contributed by atoms with van der Waals surface area (Å²) in [4.78, 5) is 25.5. The normalized spacial score (nSPS) is 16.4. The van der Waals surface area contributed by atoms with Crippen molar-refractivity contribution < 1.29 is 36.3 Å². The molecule has 2 amide bonds. The topological polar surface area (TPSA) is 104 Å². The molecule has 2 N–H and O–H groups in total. The van der Waals surface area contributed by atoms with Crippen molar-refractivity contribution in [1.29, 1.82) is 0 Å². The summed E-state index contributed by atoms with van der Waals surface area (Å²) in [6.07, 6.45) is -3.39. The molecule has 1 fully saturated rings. The van der Waals surface area contributed by atoms with E-state index in [0.29, 0.717) is 18.7 Å². The quantitative estimate of drug-likeness (QED) is 0.646. The molecule has 1 heterocycles. The van der Waals surface area contributed by atoms with Gasteiger partial charge >= 0.3 is 6.18 Å². The molecule has 12 heteroatoms. The van der Waals surface area contributed by atoms with Crippen LogP contribution >= 0.6 is 11.6 Å². The van der Waals surface area contributed by atoms with Crippen LogP contribution in [0.1, 0.15) is 30.1 Å². The van der Waals surface area contributed by atoms with Gasteiger partial charge in [-0.25, -0.2) is 8.42 Å². The van der Waals surface area contributed by atoms with Crippen molar-refractivity contribution in [2.24, 2.45) is 0 Å². The Labute approximate surface area is 193 Å². The molecule has 1 saturated heterocycles. The van der Waals surface area contributed by atoms with Gasteiger partial charge in [0, 0.05) is 18.7 Å². The lowest BCUT2D eigenvalue weighted by atomic mass is 10.1. The third-order valence-electron chi connectivity index (χ3n) is 5.30. The number of hydrogen-bond acceptors (Lipinski definition) is 5. The number of likely N-dealkylation sites (tertiary alicyclic amines) is 1. The molecule has 0 saturated carbocycles. The third kappa shape index (κ3) is 4.99. The van der Waals surface area contributed by atoms with Gasteiger partial charge in [0.2, 0.25) is 15.4 Å². The van der Waals surface area contributed by atoms with Crippen molar-refractivity contribution >= 4 is 38.9 Å². The average molecular weight is 505 g/mol. The van der Waals surface area contributed by atoms with Crippen LogP contribution in [0.5, 0.6) is 0 Å². The Morgan fingerprint density at radius 3 is 2.09 bits per heavy atom. The maximum atomic E-state index is 12.9. The minimum atomic E-state index is -5.23. The summed E-state index contributed by atoms with van der Waals surface area (Å²) in [6.45, 7) is 1.59. The number of hydrogen-bond donors (Lipinski definition) is 2. The Kier molecular flexibility index (Phi) is 6.79. The van der Waals surface area contributed by atoms with Gasteiger partial charge in [0.15, 0.2) is 0 Å². The summed E-state index contributed by atoms with van der Waals surface area (Å²) in [7, 11) is -4.07. The minimum absolute atomic E-state index is 0.117. The molecule has 0 spiro atoms. The molecule has 0 aliphatic carbocycles. The van der Waals surface area contributed by atoms with Crippen molar-refractivity contribution in [3.8, 4) is 0 Å². The first-order valence-corrected chi connectivity index (χ1v) is 11.7. The number of aliphatic hydroxyl groups is 1. The van der Waals surface area contributed by atoms with Crippen molar-refractivity contribution in [2.75, 3.05) is 18.4 Å². The van der Waals surface area contributed by atoms with E-state index in [4.69, 9.17) is 11.6 Å². The van der Waals surface area contributed by atoms with Gasteiger partial charge in [0.05, 0.1) is 20.5 Å². The maximum Gasteiger partial charge on any atom is 0.426 e. The molecule has 7 nitrogen and oxygen atoms in total. The van der Waals surface area contributed by atoms with Crippen LogP contribution in [0.25, 0.3) is 0 Å². The number of anilines is 1. The Balaban J connectivity index is 1.81. The smallest absolute Gasteiger partial charge is 0.373 e. The highest BCUT2D eigenvalue weighted by molar-refractivity contribution is 7.91. The molecule has 0 aromatic heterocycles. The molecule has 2 aromatic carbocycles. The molecule has 1 unspecified atom stereocenters. The van der Waals surface area contributed by atoms with Crippen LogP contribution < -0.4 is 5.32 Å². The number of sulfone groups is 1. The summed E-state index contributed by atoms with van der Waals surface area (Å²) in [6, 6.07) is 8.42. The molecule has 3 rings (SSSR count). The SMILES string of the molecule is CC(O)(C(=O)Nc1ccc(S(=O)(=O)c2ccc(C(=O)N3CCCC3)cc2)cc1Cl)C(F)(F)F. The van der Waals surface area contributed by atoms with Crippen LogP contribution in [-0.2, 0) is 14.6 Å². The predicted molar refractivity (Wildman–Crippen MR) is 114 cm³/mol. The van der Waals surface area contributed by atoms with Crippen molar-refractivity contribution in [3.63, 3.8) is 0 Å². The lowest BCUT2D eigenvalue weighted by Crippen LogP contribution is -2.52. The Morgan fingerprint density at radius 2 is 1.58 bits per heavy atom. The van der Waals surface area contributed by atoms with Gasteiger partial charge in [0.1, 0.15) is 0 Å². The summed E-state index contributed by atoms with van der Waals surface area (Å²) < 4.78 is 64.3. The van der Waals surface area contributed by atoms with Crippen molar-refractivity contribution in [3.05, 3.63) is 53.1 Å². The van der Waals surface area contributed by atoms with Crippen molar-refractivity contribution in [2.45, 2.75) is 41.3 Å². The fraction of sp³-hybridized carbons (Fsp3) is 0.333. The van der Waals surface area contributed by atoms with E-state index >= 15 is 0 Å². The number of carbonyl (C=O) groups is 2. The van der Waals surface area contributed by atoms with Gasteiger partial charge in [-0.2, -0.15) is 13.2 Å². The largest absolute Gasteiger partial charge is 0.426 e. The minimum Gasteiger partial charge on any atom is -0.373 e. The lowest BCUT2D eigenvalue weighted by Gasteiger charge is -2.25. The fourth-order valence-electron chi connectivity index (χ4n) is 3.15. The molecule has 1 aliphatic heterocycles. The van der Waals surface area contributed by atoms with E-state index in [-0.39, 0.29) is 33.3 Å². The van der Waals surface area contributed by atoms with E-state index in [2.05, 4.69) is 0 Å². The number of rotatable bonds is 5. The zero-order valence-electron chi connectivity index (χ0n) is 17.3. The summed E-state index contributed by atoms with van der Waals surface area (Å²) in [5.74, 6) is -1.96. The van der Waals surface area contributed by atoms with Gasteiger partial charge < -0.3 is 15.3 Å². The molecular formula is C21H20ClF3N2O5S. The zero-order chi connectivity index (χ0) is 24.6. The summed E-state index contributed by atoms with van der Waals surface area (Å²) in [5.41, 5.74) is -3.63. The maximum absolute atomic E-state index is 12.9. The van der Waals surface area contributed by atoms with Crippen LogP contribution in [0, 0.1) is 0 Å². The molecule has 0 bridgehead atoms. The van der Waals surface area contributed by atoms with Crippen molar-refractivity contribution in [1.82, 2.24) is 4.90 Å². The molecule has 0 radical (unpaired) electrons. The monoisotopic (exact) mass is 504 g/mol. The second kappa shape index (κ2) is 8.96. The highest BCUT2D eigenvalue weighted by Crippen LogP contribution is 2.33. The third-order valence-corrected chi connectivity index (χ3v) is 7.38. The van der Waals surface area contributed by atoms with E-state index in [9.17, 15) is 36.3 Å². The molecule has 1 atom stereocenters. The average Bonchev–Trinajstić information content (AvgIpc) is 3.28. The van der Waals surface area contributed by atoms with Crippen LogP contribution in [-0.4, -0.2) is 55.1 Å². The number of carbonyl (C=O) groups excluding carboxylic acids is 2. The Hall–Kier alpha value is -2.63. The number of halogens is 4. The van der Waals surface area contributed by atoms with E-state index < -0.39 is 27.5 Å². The molecule has 178 valence electrons. The van der Waals surface area contributed by atoms with Crippen LogP contribution in [0.4, 0.5) is 18.9 Å². The highest BCUT2D eigenvalue weighted by atomic mass is 35.5. The fourth-order valence-corrected chi connectivity index (χ4v) is 4.73. The molecule has 1 aliphatic rings. The van der Waals surface area contributed by atoms with Gasteiger partial charge in [-0.1, -0.05) is 11.6 Å². The number of nitrogens with one attached hydrogen (secondary N) is 1. The van der Waals surface area contributed by atoms with Gasteiger partial charge in [0.25, 0.3) is 11.8 Å². The standard InChI is InChI=1S/C21H20ClF3N2O5S/c1-20(30,21(23,24)25)19(29)26-17-9-8-15(12-16(17)22)33(31,32)14-6-4-13(5-7-14)18(28)27-10-2-3-11-27/h4-9,12,30H,2-3,10-11H2,1H3,(H,26,29). The highest BCUT2D eigenvalue weighted by Gasteiger charge is 2.55. The first kappa shape index (κ1) is 25.0. The van der Waals surface area contributed by atoms with Gasteiger partial charge in [-0.15, -0.1) is 0 Å². The second-order valence-electron chi connectivity index (χ2n) is 7.69. The lowest BCUT2D eigenvalue weighted by molar-refractivity contribution is -0.242. The first-order valence-electron chi connectivity index (χ1n) is 9.79. The Morgan fingerprint density at radius 1 is 1.03 bits per heavy atom. The zero-order valence-corrected chi connectivity index (χ0v) is 18.9. The van der Waals surface area contributed by atoms with Gasteiger partial charge in [-0.3, -0.25) is 9.59 Å². The number of nitrogens with zero attached hydrogens (tertiary/aromatic N) is 1. The Bertz CT molecular complexity index is 1180. The summed E-state index contributed by atoms with van der Waals surface area (Å²) in [5, 5.41) is 10.9. The number of benzene rings is 2.